The largest absolute Gasteiger partial charge is 0.481 e. The smallest absolute Gasteiger partial charge is 0.315 e. The third-order valence-corrected chi connectivity index (χ3v) is 3.30. The van der Waals surface area contributed by atoms with Crippen LogP contribution in [-0.4, -0.2) is 42.9 Å². The summed E-state index contributed by atoms with van der Waals surface area (Å²) in [5.41, 5.74) is 0. The molecule has 1 aliphatic heterocycles. The van der Waals surface area contributed by atoms with Crippen LogP contribution in [0.25, 0.3) is 0 Å². The van der Waals surface area contributed by atoms with E-state index in [4.69, 9.17) is 9.84 Å². The maximum Gasteiger partial charge on any atom is 0.315 e. The summed E-state index contributed by atoms with van der Waals surface area (Å²) in [7, 11) is 0. The van der Waals surface area contributed by atoms with Crippen LogP contribution >= 0.6 is 0 Å². The van der Waals surface area contributed by atoms with Crippen molar-refractivity contribution in [2.75, 3.05) is 19.8 Å². The number of hydrogen-bond acceptors (Lipinski definition) is 3. The number of carbonyl (C=O) groups is 2. The highest BCUT2D eigenvalue weighted by Crippen LogP contribution is 2.12. The van der Waals surface area contributed by atoms with Gasteiger partial charge in [0.15, 0.2) is 0 Å². The molecule has 3 unspecified atom stereocenters. The maximum absolute atomic E-state index is 11.6. The van der Waals surface area contributed by atoms with E-state index in [0.29, 0.717) is 19.1 Å². The zero-order valence-electron chi connectivity index (χ0n) is 10.9. The van der Waals surface area contributed by atoms with Gasteiger partial charge in [0.25, 0.3) is 0 Å². The van der Waals surface area contributed by atoms with E-state index in [0.717, 1.165) is 19.4 Å². The van der Waals surface area contributed by atoms with Crippen molar-refractivity contribution >= 4 is 12.0 Å². The minimum atomic E-state index is -0.913. The Hall–Kier alpha value is -1.30. The van der Waals surface area contributed by atoms with Crippen molar-refractivity contribution in [3.05, 3.63) is 0 Å². The average molecular weight is 258 g/mol. The second kappa shape index (κ2) is 7.20. The minimum absolute atomic E-state index is 0.318. The van der Waals surface area contributed by atoms with Gasteiger partial charge in [0.1, 0.15) is 0 Å². The summed E-state index contributed by atoms with van der Waals surface area (Å²) in [5.74, 6) is -1.16. The van der Waals surface area contributed by atoms with Gasteiger partial charge in [-0.25, -0.2) is 4.79 Å². The summed E-state index contributed by atoms with van der Waals surface area (Å²) >= 11 is 0. The molecule has 6 heteroatoms. The normalized spacial score (nSPS) is 22.9. The van der Waals surface area contributed by atoms with Gasteiger partial charge in [-0.1, -0.05) is 0 Å². The van der Waals surface area contributed by atoms with Gasteiger partial charge in [-0.05, 0) is 32.6 Å². The van der Waals surface area contributed by atoms with E-state index in [1.807, 2.05) is 0 Å². The second-order valence-electron chi connectivity index (χ2n) is 4.85. The summed E-state index contributed by atoms with van der Waals surface area (Å²) in [6.45, 7) is 5.31. The van der Waals surface area contributed by atoms with Gasteiger partial charge in [0.2, 0.25) is 0 Å². The summed E-state index contributed by atoms with van der Waals surface area (Å²) < 4.78 is 5.32. The van der Waals surface area contributed by atoms with E-state index in [2.05, 4.69) is 10.6 Å². The molecule has 0 radical (unpaired) electrons. The first-order valence-electron chi connectivity index (χ1n) is 6.35. The molecular formula is C12H22N2O4. The predicted molar refractivity (Wildman–Crippen MR) is 66.3 cm³/mol. The molecule has 6 nitrogen and oxygen atoms in total. The molecule has 2 amide bonds. The molecule has 3 atom stereocenters. The molecule has 0 aromatic carbocycles. The number of aliphatic carboxylic acids is 1. The lowest BCUT2D eigenvalue weighted by Gasteiger charge is -2.23. The van der Waals surface area contributed by atoms with E-state index in [1.165, 1.54) is 0 Å². The minimum Gasteiger partial charge on any atom is -0.481 e. The number of ether oxygens (including phenoxy) is 1. The Morgan fingerprint density at radius 3 is 2.72 bits per heavy atom. The van der Waals surface area contributed by atoms with Crippen molar-refractivity contribution in [3.63, 3.8) is 0 Å². The fraction of sp³-hybridized carbons (Fsp3) is 0.833. The highest BCUT2D eigenvalue weighted by atomic mass is 16.5. The van der Waals surface area contributed by atoms with Crippen LogP contribution in [-0.2, 0) is 9.53 Å². The molecule has 0 aromatic heterocycles. The topological polar surface area (TPSA) is 87.7 Å². The molecule has 18 heavy (non-hydrogen) atoms. The van der Waals surface area contributed by atoms with Gasteiger partial charge < -0.3 is 20.5 Å². The summed E-state index contributed by atoms with van der Waals surface area (Å²) in [6, 6.07) is -0.716. The van der Waals surface area contributed by atoms with Crippen LogP contribution in [0.1, 0.15) is 26.7 Å². The quantitative estimate of drug-likeness (QED) is 0.681. The zero-order chi connectivity index (χ0) is 13.5. The Kier molecular flexibility index (Phi) is 5.91. The second-order valence-corrected chi connectivity index (χ2v) is 4.85. The van der Waals surface area contributed by atoms with E-state index >= 15 is 0 Å². The lowest BCUT2D eigenvalue weighted by Crippen LogP contribution is -2.46. The lowest BCUT2D eigenvalue weighted by atomic mass is 10.0. The molecule has 1 rings (SSSR count). The van der Waals surface area contributed by atoms with Crippen molar-refractivity contribution in [2.45, 2.75) is 32.7 Å². The average Bonchev–Trinajstić information content (AvgIpc) is 2.36. The third-order valence-electron chi connectivity index (χ3n) is 3.30. The summed E-state index contributed by atoms with van der Waals surface area (Å²) in [4.78, 5) is 22.3. The van der Waals surface area contributed by atoms with Gasteiger partial charge in [-0.15, -0.1) is 0 Å². The first-order chi connectivity index (χ1) is 8.50. The number of carbonyl (C=O) groups excluding carboxylic acids is 1. The summed E-state index contributed by atoms with van der Waals surface area (Å²) in [5, 5.41) is 14.2. The van der Waals surface area contributed by atoms with Crippen molar-refractivity contribution in [3.8, 4) is 0 Å². The van der Waals surface area contributed by atoms with E-state index in [-0.39, 0.29) is 6.03 Å². The fourth-order valence-corrected chi connectivity index (χ4v) is 1.80. The zero-order valence-corrected chi connectivity index (χ0v) is 10.9. The number of carboxylic acids is 1. The van der Waals surface area contributed by atoms with Crippen molar-refractivity contribution in [2.24, 2.45) is 11.8 Å². The Bertz CT molecular complexity index is 290. The van der Waals surface area contributed by atoms with Crippen LogP contribution < -0.4 is 10.6 Å². The SMILES string of the molecule is CC(NC(=O)NCC1CCCOC1)C(C)C(=O)O. The monoisotopic (exact) mass is 258 g/mol. The molecule has 1 fully saturated rings. The van der Waals surface area contributed by atoms with E-state index in [9.17, 15) is 9.59 Å². The number of nitrogens with one attached hydrogen (secondary N) is 2. The third kappa shape index (κ3) is 4.91. The van der Waals surface area contributed by atoms with Gasteiger partial charge >= 0.3 is 12.0 Å². The number of carboxylic acid groups (broad SMARTS) is 1. The number of urea groups is 1. The van der Waals surface area contributed by atoms with Gasteiger partial charge in [-0.3, -0.25) is 4.79 Å². The number of rotatable bonds is 5. The Labute approximate surface area is 107 Å². The maximum atomic E-state index is 11.6. The van der Waals surface area contributed by atoms with Gasteiger partial charge in [-0.2, -0.15) is 0 Å². The standard InChI is InChI=1S/C12H22N2O4/c1-8(11(15)16)9(2)14-12(17)13-6-10-4-3-5-18-7-10/h8-10H,3-7H2,1-2H3,(H,15,16)(H2,13,14,17). The highest BCUT2D eigenvalue weighted by molar-refractivity contribution is 5.76. The molecular weight excluding hydrogens is 236 g/mol. The Morgan fingerprint density at radius 1 is 1.44 bits per heavy atom. The van der Waals surface area contributed by atoms with Crippen molar-refractivity contribution in [1.82, 2.24) is 10.6 Å². The number of amides is 2. The van der Waals surface area contributed by atoms with Gasteiger partial charge in [0.05, 0.1) is 12.5 Å². The molecule has 1 saturated heterocycles. The molecule has 0 spiro atoms. The molecule has 1 aliphatic rings. The predicted octanol–water partition coefficient (Wildman–Crippen LogP) is 0.821. The molecule has 0 aromatic rings. The van der Waals surface area contributed by atoms with Gasteiger partial charge in [0, 0.05) is 19.2 Å². The Morgan fingerprint density at radius 2 is 2.17 bits per heavy atom. The van der Waals surface area contributed by atoms with Crippen LogP contribution in [0, 0.1) is 11.8 Å². The van der Waals surface area contributed by atoms with Crippen molar-refractivity contribution in [1.29, 1.82) is 0 Å². The molecule has 104 valence electrons. The Balaban J connectivity index is 2.22. The molecule has 0 aliphatic carbocycles. The van der Waals surface area contributed by atoms with Crippen LogP contribution in [0.3, 0.4) is 0 Å². The van der Waals surface area contributed by atoms with Crippen LogP contribution in [0.4, 0.5) is 4.79 Å². The molecule has 1 heterocycles. The molecule has 3 N–H and O–H groups in total. The number of hydrogen-bond donors (Lipinski definition) is 3. The highest BCUT2D eigenvalue weighted by Gasteiger charge is 2.21. The lowest BCUT2D eigenvalue weighted by molar-refractivity contribution is -0.141. The van der Waals surface area contributed by atoms with E-state index < -0.39 is 17.9 Å². The fourth-order valence-electron chi connectivity index (χ4n) is 1.80. The molecule has 0 bridgehead atoms. The van der Waals surface area contributed by atoms with Crippen LogP contribution in [0.5, 0.6) is 0 Å². The van der Waals surface area contributed by atoms with Crippen LogP contribution in [0.2, 0.25) is 0 Å². The summed E-state index contributed by atoms with van der Waals surface area (Å²) in [6.07, 6.45) is 2.09. The van der Waals surface area contributed by atoms with E-state index in [1.54, 1.807) is 13.8 Å². The van der Waals surface area contributed by atoms with Crippen molar-refractivity contribution < 1.29 is 19.4 Å². The first-order valence-corrected chi connectivity index (χ1v) is 6.35. The first kappa shape index (κ1) is 14.8. The van der Waals surface area contributed by atoms with Crippen LogP contribution in [0.15, 0.2) is 0 Å². The molecule has 0 saturated carbocycles.